The van der Waals surface area contributed by atoms with Gasteiger partial charge >= 0.3 is 18.3 Å². The zero-order valence-electron chi connectivity index (χ0n) is 22.1. The molecule has 0 bridgehead atoms. The molecule has 2 aromatic carbocycles. The van der Waals surface area contributed by atoms with Gasteiger partial charge in [0.2, 0.25) is 0 Å². The van der Waals surface area contributed by atoms with Gasteiger partial charge in [-0.1, -0.05) is 60.7 Å². The van der Waals surface area contributed by atoms with Crippen LogP contribution in [0.4, 0.5) is 14.4 Å². The van der Waals surface area contributed by atoms with Gasteiger partial charge in [-0.2, -0.15) is 0 Å². The third kappa shape index (κ3) is 5.90. The second-order valence-electron chi connectivity index (χ2n) is 10.6. The van der Waals surface area contributed by atoms with Crippen molar-refractivity contribution in [3.63, 3.8) is 0 Å². The highest BCUT2D eigenvalue weighted by Gasteiger charge is 2.60. The quantitative estimate of drug-likeness (QED) is 0.554. The number of benzene rings is 2. The van der Waals surface area contributed by atoms with Crippen molar-refractivity contribution in [2.45, 2.75) is 58.1 Å². The average Bonchev–Trinajstić information content (AvgIpc) is 2.86. The molecule has 2 saturated heterocycles. The number of rotatable bonds is 4. The van der Waals surface area contributed by atoms with Gasteiger partial charge in [-0.3, -0.25) is 9.69 Å². The van der Waals surface area contributed by atoms with Crippen LogP contribution < -0.4 is 0 Å². The van der Waals surface area contributed by atoms with Crippen molar-refractivity contribution in [1.29, 1.82) is 0 Å². The van der Waals surface area contributed by atoms with E-state index in [0.717, 1.165) is 16.0 Å². The van der Waals surface area contributed by atoms with E-state index in [1.54, 1.807) is 27.7 Å². The van der Waals surface area contributed by atoms with Gasteiger partial charge in [0.05, 0.1) is 19.6 Å². The van der Waals surface area contributed by atoms with Crippen LogP contribution in [-0.2, 0) is 32.2 Å². The Labute approximate surface area is 222 Å². The molecule has 2 aliphatic heterocycles. The number of hydrogen-bond donors (Lipinski definition) is 0. The molecular weight excluding hydrogens is 490 g/mol. The largest absolute Gasteiger partial charge is 0.445 e. The summed E-state index contributed by atoms with van der Waals surface area (Å²) in [6.07, 6.45) is -2.04. The molecule has 1 atom stereocenters. The molecule has 10 nitrogen and oxygen atoms in total. The van der Waals surface area contributed by atoms with E-state index in [1.807, 2.05) is 60.7 Å². The van der Waals surface area contributed by atoms with Crippen LogP contribution in [0.3, 0.4) is 0 Å². The lowest BCUT2D eigenvalue weighted by Gasteiger charge is -2.59. The van der Waals surface area contributed by atoms with Crippen LogP contribution in [0.2, 0.25) is 0 Å². The van der Waals surface area contributed by atoms with Gasteiger partial charge in [-0.15, -0.1) is 0 Å². The standard InChI is InChI=1S/C28H33N3O7/c1-20-23(32)30(25(34)36-15-21-11-7-5-8-12-21)19-28(17-29(18-28)24(33)38-27(2,3)4)31(20)26(35)37-16-22-13-9-6-10-14-22/h5-14,20H,15-19H2,1-4H3/t20-/m1/s1. The van der Waals surface area contributed by atoms with Crippen molar-refractivity contribution >= 4 is 24.2 Å². The summed E-state index contributed by atoms with van der Waals surface area (Å²) < 4.78 is 16.4. The van der Waals surface area contributed by atoms with E-state index in [9.17, 15) is 19.2 Å². The van der Waals surface area contributed by atoms with Crippen LogP contribution in [0, 0.1) is 0 Å². The Morgan fingerprint density at radius 2 is 1.32 bits per heavy atom. The van der Waals surface area contributed by atoms with Gasteiger partial charge in [0.1, 0.15) is 30.4 Å². The van der Waals surface area contributed by atoms with Gasteiger partial charge in [-0.05, 0) is 38.8 Å². The maximum atomic E-state index is 13.3. The molecule has 2 heterocycles. The third-order valence-electron chi connectivity index (χ3n) is 6.42. The monoisotopic (exact) mass is 523 g/mol. The molecule has 0 aliphatic carbocycles. The molecule has 0 saturated carbocycles. The van der Waals surface area contributed by atoms with Crippen molar-refractivity contribution in [3.05, 3.63) is 71.8 Å². The van der Waals surface area contributed by atoms with Crippen molar-refractivity contribution in [3.8, 4) is 0 Å². The molecule has 2 aliphatic rings. The molecule has 2 fully saturated rings. The number of imide groups is 1. The normalized spacial score (nSPS) is 18.6. The van der Waals surface area contributed by atoms with Crippen LogP contribution >= 0.6 is 0 Å². The maximum absolute atomic E-state index is 13.3. The first-order valence-electron chi connectivity index (χ1n) is 12.5. The lowest BCUT2D eigenvalue weighted by atomic mass is 9.83. The number of ether oxygens (including phenoxy) is 3. The summed E-state index contributed by atoms with van der Waals surface area (Å²) in [5.41, 5.74) is -0.166. The van der Waals surface area contributed by atoms with Crippen molar-refractivity contribution in [1.82, 2.24) is 14.7 Å². The van der Waals surface area contributed by atoms with E-state index < -0.39 is 41.4 Å². The molecule has 202 valence electrons. The van der Waals surface area contributed by atoms with Gasteiger partial charge in [0.15, 0.2) is 0 Å². The first-order valence-corrected chi connectivity index (χ1v) is 12.5. The topological polar surface area (TPSA) is 106 Å². The molecule has 0 radical (unpaired) electrons. The smallest absolute Gasteiger partial charge is 0.416 e. The Balaban J connectivity index is 1.52. The number of carbonyl (C=O) groups excluding carboxylic acids is 4. The van der Waals surface area contributed by atoms with Gasteiger partial charge in [0, 0.05) is 0 Å². The molecule has 0 N–H and O–H groups in total. The van der Waals surface area contributed by atoms with Crippen molar-refractivity contribution in [2.24, 2.45) is 0 Å². The molecule has 10 heteroatoms. The number of hydrogen-bond acceptors (Lipinski definition) is 7. The van der Waals surface area contributed by atoms with E-state index in [-0.39, 0.29) is 32.8 Å². The van der Waals surface area contributed by atoms with Crippen LogP contribution in [0.5, 0.6) is 0 Å². The second kappa shape index (κ2) is 10.7. The summed E-state index contributed by atoms with van der Waals surface area (Å²) in [5, 5.41) is 0. The van der Waals surface area contributed by atoms with Crippen LogP contribution in [0.1, 0.15) is 38.8 Å². The lowest BCUT2D eigenvalue weighted by molar-refractivity contribution is -0.156. The van der Waals surface area contributed by atoms with Crippen LogP contribution in [0.15, 0.2) is 60.7 Å². The van der Waals surface area contributed by atoms with E-state index in [2.05, 4.69) is 0 Å². The Morgan fingerprint density at radius 1 is 0.816 bits per heavy atom. The van der Waals surface area contributed by atoms with Gasteiger partial charge in [0.25, 0.3) is 5.91 Å². The van der Waals surface area contributed by atoms with Crippen molar-refractivity contribution in [2.75, 3.05) is 19.6 Å². The summed E-state index contributed by atoms with van der Waals surface area (Å²) in [7, 11) is 0. The minimum absolute atomic E-state index is 0.00228. The lowest BCUT2D eigenvalue weighted by Crippen LogP contribution is -2.81. The zero-order chi connectivity index (χ0) is 27.5. The molecular formula is C28H33N3O7. The predicted molar refractivity (Wildman–Crippen MR) is 137 cm³/mol. The molecule has 2 aromatic rings. The fraction of sp³-hybridized carbons (Fsp3) is 0.429. The number of piperazine rings is 1. The fourth-order valence-corrected chi connectivity index (χ4v) is 4.66. The van der Waals surface area contributed by atoms with E-state index >= 15 is 0 Å². The molecule has 4 amide bonds. The summed E-state index contributed by atoms with van der Waals surface area (Å²) in [4.78, 5) is 56.0. The first kappa shape index (κ1) is 27.0. The van der Waals surface area contributed by atoms with E-state index in [4.69, 9.17) is 14.2 Å². The second-order valence-corrected chi connectivity index (χ2v) is 10.6. The number of amides is 4. The molecule has 0 unspecified atom stereocenters. The maximum Gasteiger partial charge on any atom is 0.416 e. The van der Waals surface area contributed by atoms with E-state index in [0.29, 0.717) is 0 Å². The Hall–Kier alpha value is -4.08. The van der Waals surface area contributed by atoms with Gasteiger partial charge in [-0.25, -0.2) is 19.3 Å². The molecule has 4 rings (SSSR count). The first-order chi connectivity index (χ1) is 18.0. The highest BCUT2D eigenvalue weighted by molar-refractivity contribution is 5.98. The Morgan fingerprint density at radius 3 is 1.82 bits per heavy atom. The minimum Gasteiger partial charge on any atom is -0.445 e. The number of carbonyl (C=O) groups is 4. The Bertz CT molecular complexity index is 1170. The highest BCUT2D eigenvalue weighted by Crippen LogP contribution is 2.37. The summed E-state index contributed by atoms with van der Waals surface area (Å²) in [6, 6.07) is 17.3. The zero-order valence-corrected chi connectivity index (χ0v) is 22.1. The van der Waals surface area contributed by atoms with Crippen LogP contribution in [0.25, 0.3) is 0 Å². The van der Waals surface area contributed by atoms with E-state index in [1.165, 1.54) is 9.80 Å². The number of nitrogens with zero attached hydrogens (tertiary/aromatic N) is 3. The molecule has 1 spiro atoms. The summed E-state index contributed by atoms with van der Waals surface area (Å²) in [5.74, 6) is -0.582. The minimum atomic E-state index is -1.04. The van der Waals surface area contributed by atoms with Crippen LogP contribution in [-0.4, -0.2) is 75.7 Å². The Kier molecular flexibility index (Phi) is 7.61. The third-order valence-corrected chi connectivity index (χ3v) is 6.42. The average molecular weight is 524 g/mol. The highest BCUT2D eigenvalue weighted by atomic mass is 16.6. The predicted octanol–water partition coefficient (Wildman–Crippen LogP) is 4.18. The fourth-order valence-electron chi connectivity index (χ4n) is 4.66. The summed E-state index contributed by atoms with van der Waals surface area (Å²) >= 11 is 0. The molecule has 38 heavy (non-hydrogen) atoms. The van der Waals surface area contributed by atoms with Gasteiger partial charge < -0.3 is 19.1 Å². The molecule has 0 aromatic heterocycles. The number of likely N-dealkylation sites (tertiary alicyclic amines) is 1. The SMILES string of the molecule is C[C@@H]1C(=O)N(C(=O)OCc2ccccc2)CC2(CN(C(=O)OC(C)(C)C)C2)N1C(=O)OCc1ccccc1. The summed E-state index contributed by atoms with van der Waals surface area (Å²) in [6.45, 7) is 6.86. The van der Waals surface area contributed by atoms with Crippen molar-refractivity contribution < 1.29 is 33.4 Å².